The summed E-state index contributed by atoms with van der Waals surface area (Å²) in [4.78, 5) is 8.55. The van der Waals surface area contributed by atoms with Gasteiger partial charge in [0.15, 0.2) is 0 Å². The van der Waals surface area contributed by atoms with Crippen LogP contribution in [-0.2, 0) is 6.42 Å². The van der Waals surface area contributed by atoms with Crippen molar-refractivity contribution in [2.24, 2.45) is 5.84 Å². The molecule has 0 fully saturated rings. The summed E-state index contributed by atoms with van der Waals surface area (Å²) in [5.41, 5.74) is 5.82. The fourth-order valence-corrected chi connectivity index (χ4v) is 2.16. The van der Waals surface area contributed by atoms with E-state index in [1.54, 1.807) is 23.7 Å². The number of aryl methyl sites for hydroxylation is 1. The zero-order chi connectivity index (χ0) is 11.4. The predicted octanol–water partition coefficient (Wildman–Crippen LogP) is 1.59. The van der Waals surface area contributed by atoms with Gasteiger partial charge in [-0.1, -0.05) is 0 Å². The van der Waals surface area contributed by atoms with E-state index in [1.807, 2.05) is 6.92 Å². The lowest BCUT2D eigenvalue weighted by molar-refractivity contribution is 0.536. The van der Waals surface area contributed by atoms with Crippen LogP contribution in [-0.4, -0.2) is 9.97 Å². The molecule has 0 aromatic carbocycles. The fourth-order valence-electron chi connectivity index (χ4n) is 1.48. The van der Waals surface area contributed by atoms with Crippen molar-refractivity contribution in [3.8, 4) is 0 Å². The Kier molecular flexibility index (Phi) is 3.61. The van der Waals surface area contributed by atoms with E-state index in [4.69, 9.17) is 5.84 Å². The van der Waals surface area contributed by atoms with E-state index in [1.165, 1.54) is 5.56 Å². The molecule has 0 bridgehead atoms. The maximum atomic E-state index is 5.55. The largest absolute Gasteiger partial charge is 0.271 e. The molecule has 0 aliphatic rings. The highest BCUT2D eigenvalue weighted by Crippen LogP contribution is 2.17. The van der Waals surface area contributed by atoms with E-state index in [9.17, 15) is 0 Å². The molecule has 4 nitrogen and oxygen atoms in total. The summed E-state index contributed by atoms with van der Waals surface area (Å²) in [5, 5.41) is 4.18. The molecule has 1 atom stereocenters. The van der Waals surface area contributed by atoms with Gasteiger partial charge in [-0.3, -0.25) is 21.2 Å². The fraction of sp³-hybridized carbons (Fsp3) is 0.273. The molecule has 3 N–H and O–H groups in total. The van der Waals surface area contributed by atoms with Gasteiger partial charge in [0.2, 0.25) is 0 Å². The average molecular weight is 234 g/mol. The Hall–Kier alpha value is -1.30. The highest BCUT2D eigenvalue weighted by atomic mass is 32.1. The molecule has 0 saturated heterocycles. The Balaban J connectivity index is 2.13. The maximum Gasteiger partial charge on any atom is 0.0773 e. The molecule has 2 aromatic heterocycles. The molecule has 5 heteroatoms. The number of hydrogen-bond acceptors (Lipinski definition) is 5. The molecule has 0 saturated carbocycles. The second-order valence-electron chi connectivity index (χ2n) is 3.64. The lowest BCUT2D eigenvalue weighted by Crippen LogP contribution is -2.30. The number of nitrogens with one attached hydrogen (secondary N) is 1. The molecule has 0 radical (unpaired) electrons. The van der Waals surface area contributed by atoms with Crippen LogP contribution in [0.1, 0.15) is 23.0 Å². The van der Waals surface area contributed by atoms with Gasteiger partial charge in [0, 0.05) is 6.20 Å². The molecular weight excluding hydrogens is 220 g/mol. The summed E-state index contributed by atoms with van der Waals surface area (Å²) in [5.74, 6) is 5.55. The predicted molar refractivity (Wildman–Crippen MR) is 64.9 cm³/mol. The Morgan fingerprint density at radius 1 is 1.44 bits per heavy atom. The SMILES string of the molecule is Cc1cnc(C(Cc2ccsc2)NN)cn1. The van der Waals surface area contributed by atoms with Crippen molar-refractivity contribution in [1.29, 1.82) is 0 Å². The van der Waals surface area contributed by atoms with Crippen LogP contribution in [0.5, 0.6) is 0 Å². The van der Waals surface area contributed by atoms with Crippen LogP contribution in [0.3, 0.4) is 0 Å². The minimum atomic E-state index is 0.0164. The van der Waals surface area contributed by atoms with Crippen LogP contribution < -0.4 is 11.3 Å². The van der Waals surface area contributed by atoms with Crippen molar-refractivity contribution in [3.05, 3.63) is 46.2 Å². The molecule has 2 aromatic rings. The van der Waals surface area contributed by atoms with Crippen molar-refractivity contribution >= 4 is 11.3 Å². The smallest absolute Gasteiger partial charge is 0.0773 e. The average Bonchev–Trinajstić information content (AvgIpc) is 2.80. The van der Waals surface area contributed by atoms with Crippen LogP contribution in [0, 0.1) is 6.92 Å². The van der Waals surface area contributed by atoms with Crippen molar-refractivity contribution in [2.45, 2.75) is 19.4 Å². The summed E-state index contributed by atoms with van der Waals surface area (Å²) in [6.45, 7) is 1.92. The van der Waals surface area contributed by atoms with Gasteiger partial charge in [-0.05, 0) is 35.7 Å². The highest BCUT2D eigenvalue weighted by Gasteiger charge is 2.12. The number of thiophene rings is 1. The summed E-state index contributed by atoms with van der Waals surface area (Å²) in [6.07, 6.45) is 4.36. The first-order valence-electron chi connectivity index (χ1n) is 5.05. The van der Waals surface area contributed by atoms with Gasteiger partial charge in [-0.2, -0.15) is 11.3 Å². The molecule has 0 spiro atoms. The van der Waals surface area contributed by atoms with Crippen LogP contribution >= 0.6 is 11.3 Å². The van der Waals surface area contributed by atoms with Gasteiger partial charge in [-0.15, -0.1) is 0 Å². The Labute approximate surface area is 98.5 Å². The standard InChI is InChI=1S/C11H14N4S/c1-8-5-14-11(6-13-8)10(15-12)4-9-2-3-16-7-9/h2-3,5-7,10,15H,4,12H2,1H3. The Morgan fingerprint density at radius 2 is 2.31 bits per heavy atom. The summed E-state index contributed by atoms with van der Waals surface area (Å²) >= 11 is 1.69. The minimum absolute atomic E-state index is 0.0164. The monoisotopic (exact) mass is 234 g/mol. The molecule has 2 rings (SSSR count). The number of hydrogen-bond donors (Lipinski definition) is 2. The van der Waals surface area contributed by atoms with Crippen molar-refractivity contribution in [2.75, 3.05) is 0 Å². The number of rotatable bonds is 4. The lowest BCUT2D eigenvalue weighted by Gasteiger charge is -2.14. The number of aromatic nitrogens is 2. The van der Waals surface area contributed by atoms with E-state index < -0.39 is 0 Å². The third-order valence-corrected chi connectivity index (χ3v) is 3.11. The molecule has 0 aliphatic carbocycles. The van der Waals surface area contributed by atoms with E-state index in [0.29, 0.717) is 0 Å². The number of hydrazine groups is 1. The van der Waals surface area contributed by atoms with Crippen LogP contribution in [0.25, 0.3) is 0 Å². The van der Waals surface area contributed by atoms with Gasteiger partial charge < -0.3 is 0 Å². The highest BCUT2D eigenvalue weighted by molar-refractivity contribution is 7.07. The summed E-state index contributed by atoms with van der Waals surface area (Å²) < 4.78 is 0. The third kappa shape index (κ3) is 2.63. The van der Waals surface area contributed by atoms with Crippen molar-refractivity contribution < 1.29 is 0 Å². The van der Waals surface area contributed by atoms with Gasteiger partial charge in [0.05, 0.1) is 23.6 Å². The zero-order valence-corrected chi connectivity index (χ0v) is 9.87. The zero-order valence-electron chi connectivity index (χ0n) is 9.05. The quantitative estimate of drug-likeness (QED) is 0.623. The minimum Gasteiger partial charge on any atom is -0.271 e. The van der Waals surface area contributed by atoms with Crippen LogP contribution in [0.15, 0.2) is 29.2 Å². The molecule has 1 unspecified atom stereocenters. The third-order valence-electron chi connectivity index (χ3n) is 2.38. The van der Waals surface area contributed by atoms with E-state index in [-0.39, 0.29) is 6.04 Å². The molecule has 0 amide bonds. The van der Waals surface area contributed by atoms with E-state index in [2.05, 4.69) is 32.2 Å². The molecule has 16 heavy (non-hydrogen) atoms. The van der Waals surface area contributed by atoms with E-state index in [0.717, 1.165) is 17.8 Å². The first-order chi connectivity index (χ1) is 7.79. The maximum absolute atomic E-state index is 5.55. The lowest BCUT2D eigenvalue weighted by atomic mass is 10.1. The first-order valence-corrected chi connectivity index (χ1v) is 5.99. The normalized spacial score (nSPS) is 12.6. The van der Waals surface area contributed by atoms with Gasteiger partial charge in [0.1, 0.15) is 0 Å². The van der Waals surface area contributed by atoms with Crippen LogP contribution in [0.4, 0.5) is 0 Å². The van der Waals surface area contributed by atoms with E-state index >= 15 is 0 Å². The molecular formula is C11H14N4S. The Morgan fingerprint density at radius 3 is 2.88 bits per heavy atom. The Bertz CT molecular complexity index is 424. The number of nitrogens with two attached hydrogens (primary N) is 1. The number of nitrogens with zero attached hydrogens (tertiary/aromatic N) is 2. The second kappa shape index (κ2) is 5.16. The summed E-state index contributed by atoms with van der Waals surface area (Å²) in [6, 6.07) is 2.11. The topological polar surface area (TPSA) is 63.8 Å². The van der Waals surface area contributed by atoms with Gasteiger partial charge in [-0.25, -0.2) is 0 Å². The first kappa shape index (κ1) is 11.2. The van der Waals surface area contributed by atoms with Gasteiger partial charge >= 0.3 is 0 Å². The van der Waals surface area contributed by atoms with Gasteiger partial charge in [0.25, 0.3) is 0 Å². The van der Waals surface area contributed by atoms with Crippen LogP contribution in [0.2, 0.25) is 0 Å². The van der Waals surface area contributed by atoms with Crippen molar-refractivity contribution in [1.82, 2.24) is 15.4 Å². The van der Waals surface area contributed by atoms with Crippen molar-refractivity contribution in [3.63, 3.8) is 0 Å². The molecule has 84 valence electrons. The molecule has 0 aliphatic heterocycles. The molecule has 2 heterocycles. The second-order valence-corrected chi connectivity index (χ2v) is 4.42. The summed E-state index contributed by atoms with van der Waals surface area (Å²) in [7, 11) is 0.